The summed E-state index contributed by atoms with van der Waals surface area (Å²) in [6, 6.07) is 1.99. The lowest BCUT2D eigenvalue weighted by atomic mass is 9.99. The predicted octanol–water partition coefficient (Wildman–Crippen LogP) is 2.98. The summed E-state index contributed by atoms with van der Waals surface area (Å²) >= 11 is 0. The molecule has 106 valence electrons. The molecule has 0 saturated heterocycles. The average molecular weight is 265 g/mol. The third kappa shape index (κ3) is 3.00. The number of anilines is 1. The topological polar surface area (TPSA) is 47.6 Å². The number of carbonyl (C=O) groups excluding carboxylic acids is 1. The van der Waals surface area contributed by atoms with E-state index in [9.17, 15) is 4.79 Å². The Morgan fingerprint density at radius 2 is 1.74 bits per heavy atom. The maximum Gasteiger partial charge on any atom is 0.330 e. The lowest BCUT2D eigenvalue weighted by Crippen LogP contribution is -2.41. The first-order chi connectivity index (χ1) is 8.74. The van der Waals surface area contributed by atoms with Crippen LogP contribution < -0.4 is 10.1 Å². The van der Waals surface area contributed by atoms with E-state index >= 15 is 0 Å². The second kappa shape index (κ2) is 5.51. The highest BCUT2D eigenvalue weighted by atomic mass is 16.5. The first kappa shape index (κ1) is 15.3. The van der Waals surface area contributed by atoms with Crippen LogP contribution in [0.3, 0.4) is 0 Å². The molecule has 4 heteroatoms. The first-order valence-corrected chi connectivity index (χ1v) is 6.26. The van der Waals surface area contributed by atoms with Crippen molar-refractivity contribution in [3.05, 3.63) is 22.8 Å². The van der Waals surface area contributed by atoms with Gasteiger partial charge in [-0.3, -0.25) is 0 Å². The summed E-state index contributed by atoms with van der Waals surface area (Å²) in [5.74, 6) is 0.594. The van der Waals surface area contributed by atoms with Gasteiger partial charge in [-0.1, -0.05) is 0 Å². The first-order valence-electron chi connectivity index (χ1n) is 6.26. The van der Waals surface area contributed by atoms with Crippen LogP contribution in [-0.2, 0) is 9.53 Å². The largest absolute Gasteiger partial charge is 0.496 e. The van der Waals surface area contributed by atoms with Gasteiger partial charge in [-0.25, -0.2) is 4.79 Å². The van der Waals surface area contributed by atoms with Gasteiger partial charge in [-0.2, -0.15) is 0 Å². The summed E-state index contributed by atoms with van der Waals surface area (Å²) in [5, 5.41) is 3.24. The Balaban J connectivity index is 3.20. The highest BCUT2D eigenvalue weighted by Gasteiger charge is 2.29. The van der Waals surface area contributed by atoms with Crippen molar-refractivity contribution in [2.45, 2.75) is 40.2 Å². The van der Waals surface area contributed by atoms with Gasteiger partial charge in [-0.05, 0) is 57.4 Å². The number of benzene rings is 1. The Morgan fingerprint density at radius 3 is 2.21 bits per heavy atom. The van der Waals surface area contributed by atoms with Gasteiger partial charge in [-0.15, -0.1) is 0 Å². The van der Waals surface area contributed by atoms with Crippen molar-refractivity contribution in [2.24, 2.45) is 0 Å². The number of hydrogen-bond donors (Lipinski definition) is 1. The van der Waals surface area contributed by atoms with Crippen molar-refractivity contribution < 1.29 is 14.3 Å². The molecule has 19 heavy (non-hydrogen) atoms. The molecular weight excluding hydrogens is 242 g/mol. The van der Waals surface area contributed by atoms with Crippen molar-refractivity contribution in [1.82, 2.24) is 0 Å². The van der Waals surface area contributed by atoms with Gasteiger partial charge in [0.2, 0.25) is 0 Å². The molecule has 1 N–H and O–H groups in total. The Hall–Kier alpha value is -1.71. The van der Waals surface area contributed by atoms with Crippen LogP contribution in [0, 0.1) is 20.8 Å². The quantitative estimate of drug-likeness (QED) is 0.850. The molecule has 0 aliphatic rings. The number of ether oxygens (including phenoxy) is 2. The van der Waals surface area contributed by atoms with Crippen LogP contribution in [-0.4, -0.2) is 25.7 Å². The zero-order valence-electron chi connectivity index (χ0n) is 12.8. The van der Waals surface area contributed by atoms with Crippen LogP contribution in [0.2, 0.25) is 0 Å². The summed E-state index contributed by atoms with van der Waals surface area (Å²) in [5.41, 5.74) is 3.33. The smallest absolute Gasteiger partial charge is 0.330 e. The van der Waals surface area contributed by atoms with E-state index in [1.54, 1.807) is 21.0 Å². The van der Waals surface area contributed by atoms with Crippen molar-refractivity contribution >= 4 is 11.7 Å². The second-order valence-electron chi connectivity index (χ2n) is 5.27. The van der Waals surface area contributed by atoms with Gasteiger partial charge in [0.15, 0.2) is 0 Å². The molecular formula is C15H23NO3. The predicted molar refractivity (Wildman–Crippen MR) is 76.9 cm³/mol. The molecule has 0 aliphatic heterocycles. The van der Waals surface area contributed by atoms with Crippen LogP contribution in [0.15, 0.2) is 6.07 Å². The number of aryl methyl sites for hydroxylation is 1. The van der Waals surface area contributed by atoms with Gasteiger partial charge in [0.25, 0.3) is 0 Å². The van der Waals surface area contributed by atoms with E-state index in [2.05, 4.69) is 5.32 Å². The molecule has 0 aromatic heterocycles. The highest BCUT2D eigenvalue weighted by molar-refractivity contribution is 5.84. The Morgan fingerprint density at radius 1 is 1.16 bits per heavy atom. The van der Waals surface area contributed by atoms with Crippen molar-refractivity contribution in [1.29, 1.82) is 0 Å². The minimum absolute atomic E-state index is 0.293. The third-order valence-corrected chi connectivity index (χ3v) is 3.37. The highest BCUT2D eigenvalue weighted by Crippen LogP contribution is 2.32. The Bertz CT molecular complexity index is 493. The summed E-state index contributed by atoms with van der Waals surface area (Å²) in [7, 11) is 3.06. The molecule has 0 aliphatic carbocycles. The van der Waals surface area contributed by atoms with E-state index in [1.807, 2.05) is 26.8 Å². The fraction of sp³-hybridized carbons (Fsp3) is 0.533. The van der Waals surface area contributed by atoms with Crippen molar-refractivity contribution in [3.8, 4) is 5.75 Å². The average Bonchev–Trinajstić information content (AvgIpc) is 2.34. The van der Waals surface area contributed by atoms with Crippen LogP contribution in [0.4, 0.5) is 5.69 Å². The van der Waals surface area contributed by atoms with Crippen LogP contribution in [0.1, 0.15) is 30.5 Å². The summed E-state index contributed by atoms with van der Waals surface area (Å²) in [6.07, 6.45) is 0. The SMILES string of the molecule is COC(=O)C(C)(C)Nc1cc(C)c(OC)c(C)c1C. The van der Waals surface area contributed by atoms with Crippen LogP contribution >= 0.6 is 0 Å². The van der Waals surface area contributed by atoms with Crippen LogP contribution in [0.25, 0.3) is 0 Å². The molecule has 0 amide bonds. The fourth-order valence-corrected chi connectivity index (χ4v) is 2.15. The van der Waals surface area contributed by atoms with E-state index in [4.69, 9.17) is 9.47 Å². The number of rotatable bonds is 4. The van der Waals surface area contributed by atoms with E-state index in [0.29, 0.717) is 0 Å². The standard InChI is InChI=1S/C15H23NO3/c1-9-8-12(10(2)11(3)13(9)18-6)16-15(4,5)14(17)19-7/h8,16H,1-7H3. The Kier molecular flexibility index (Phi) is 4.45. The van der Waals surface area contributed by atoms with Gasteiger partial charge in [0.1, 0.15) is 11.3 Å². The summed E-state index contributed by atoms with van der Waals surface area (Å²) in [6.45, 7) is 9.60. The molecule has 0 spiro atoms. The number of carbonyl (C=O) groups is 1. The molecule has 1 aromatic rings. The number of esters is 1. The normalized spacial score (nSPS) is 11.1. The molecule has 0 heterocycles. The lowest BCUT2D eigenvalue weighted by molar-refractivity contribution is -0.144. The van der Waals surface area contributed by atoms with E-state index < -0.39 is 5.54 Å². The number of nitrogens with one attached hydrogen (secondary N) is 1. The zero-order valence-corrected chi connectivity index (χ0v) is 12.8. The molecule has 1 rings (SSSR count). The maximum absolute atomic E-state index is 11.7. The molecule has 1 aromatic carbocycles. The van der Waals surface area contributed by atoms with E-state index in [-0.39, 0.29) is 5.97 Å². The molecule has 4 nitrogen and oxygen atoms in total. The van der Waals surface area contributed by atoms with Gasteiger partial charge < -0.3 is 14.8 Å². The number of methoxy groups -OCH3 is 2. The fourth-order valence-electron chi connectivity index (χ4n) is 2.15. The molecule has 0 unspecified atom stereocenters. The van der Waals surface area contributed by atoms with Gasteiger partial charge in [0.05, 0.1) is 14.2 Å². The Labute approximate surface area is 115 Å². The molecule has 0 saturated carbocycles. The minimum Gasteiger partial charge on any atom is -0.496 e. The lowest BCUT2D eigenvalue weighted by Gasteiger charge is -2.27. The monoisotopic (exact) mass is 265 g/mol. The molecule has 0 fully saturated rings. The van der Waals surface area contributed by atoms with Crippen molar-refractivity contribution in [3.63, 3.8) is 0 Å². The molecule has 0 radical (unpaired) electrons. The summed E-state index contributed by atoms with van der Waals surface area (Å²) in [4.78, 5) is 11.7. The zero-order chi connectivity index (χ0) is 14.8. The third-order valence-electron chi connectivity index (χ3n) is 3.37. The van der Waals surface area contributed by atoms with Crippen molar-refractivity contribution in [2.75, 3.05) is 19.5 Å². The second-order valence-corrected chi connectivity index (χ2v) is 5.27. The molecule has 0 bridgehead atoms. The minimum atomic E-state index is -0.771. The maximum atomic E-state index is 11.7. The van der Waals surface area contributed by atoms with E-state index in [1.165, 1.54) is 7.11 Å². The van der Waals surface area contributed by atoms with Crippen LogP contribution in [0.5, 0.6) is 5.75 Å². The van der Waals surface area contributed by atoms with Gasteiger partial charge in [0, 0.05) is 5.69 Å². The summed E-state index contributed by atoms with van der Waals surface area (Å²) < 4.78 is 10.2. The molecule has 0 atom stereocenters. The number of hydrogen-bond acceptors (Lipinski definition) is 4. The van der Waals surface area contributed by atoms with E-state index in [0.717, 1.165) is 28.1 Å². The van der Waals surface area contributed by atoms with Gasteiger partial charge >= 0.3 is 5.97 Å².